The first kappa shape index (κ1) is 54.7. The van der Waals surface area contributed by atoms with Crippen LogP contribution in [0.1, 0.15) is 122 Å². The number of hydrogen-bond acceptors (Lipinski definition) is 12. The molecule has 15 heteroatoms. The number of esters is 1. The third-order valence-electron chi connectivity index (χ3n) is 22.0. The van der Waals surface area contributed by atoms with Gasteiger partial charge in [0.15, 0.2) is 17.5 Å². The first-order valence-corrected chi connectivity index (χ1v) is 29.2. The van der Waals surface area contributed by atoms with Crippen LogP contribution in [0.25, 0.3) is 0 Å². The molecule has 0 amide bonds. The number of allylic oxidation sites excluding steroid dienone is 5. The molecule has 2 heterocycles. The van der Waals surface area contributed by atoms with E-state index < -0.39 is 69.9 Å². The Hall–Kier alpha value is -5.24. The number of H-pyrrole nitrogens is 1. The summed E-state index contributed by atoms with van der Waals surface area (Å²) in [6.45, 7) is 8.33. The number of phenolic OH excluding ortho intramolecular Hbond substituents is 1. The molecule has 0 unspecified atom stereocenters. The predicted octanol–water partition coefficient (Wildman–Crippen LogP) is 5.74. The van der Waals surface area contributed by atoms with E-state index in [-0.39, 0.29) is 141 Å². The second-order valence-electron chi connectivity index (χ2n) is 26.3. The van der Waals surface area contributed by atoms with Crippen LogP contribution in [-0.4, -0.2) is 108 Å². The quantitative estimate of drug-likeness (QED) is 0.0423. The van der Waals surface area contributed by atoms with Gasteiger partial charge in [0.05, 0.1) is 54.3 Å². The molecule has 12 N–H and O–H groups in total. The van der Waals surface area contributed by atoms with Gasteiger partial charge in [0.1, 0.15) is 5.75 Å². The summed E-state index contributed by atoms with van der Waals surface area (Å²) in [5, 5.41) is 77.1. The Labute approximate surface area is 458 Å². The summed E-state index contributed by atoms with van der Waals surface area (Å²) in [6.07, 6.45) is 12.7. The molecule has 0 radical (unpaired) electrons. The number of aliphatic imine (C=N–C) groups is 1. The van der Waals surface area contributed by atoms with Gasteiger partial charge in [-0.3, -0.25) is 19.4 Å². The summed E-state index contributed by atoms with van der Waals surface area (Å²) in [7, 11) is 0. The fraction of sp³-hybridized carbons (Fsp3) is 0.651. The third-order valence-corrected chi connectivity index (χ3v) is 22.0. The van der Waals surface area contributed by atoms with Crippen molar-refractivity contribution >= 4 is 23.5 Å². The highest BCUT2D eigenvalue weighted by atomic mass is 16.5. The number of ketones is 2. The summed E-state index contributed by atoms with van der Waals surface area (Å²) >= 11 is 0. The van der Waals surface area contributed by atoms with Crippen LogP contribution in [-0.2, 0) is 25.5 Å². The summed E-state index contributed by atoms with van der Waals surface area (Å²) in [5.74, 6) is 4.07. The van der Waals surface area contributed by atoms with Crippen LogP contribution in [0.4, 0.5) is 0 Å². The minimum atomic E-state index is -1.86. The van der Waals surface area contributed by atoms with Crippen molar-refractivity contribution in [3.8, 4) is 17.6 Å². The maximum absolute atomic E-state index is 15.5. The number of carbonyl (C=O) groups excluding carboxylic acids is 3. The number of benzene rings is 1. The van der Waals surface area contributed by atoms with Gasteiger partial charge in [-0.15, -0.1) is 5.92 Å². The van der Waals surface area contributed by atoms with E-state index in [4.69, 9.17) is 16.2 Å². The highest BCUT2D eigenvalue weighted by molar-refractivity contribution is 6.00. The molecule has 420 valence electrons. The highest BCUT2D eigenvalue weighted by Gasteiger charge is 2.74. The maximum Gasteiger partial charge on any atom is 0.313 e. The normalized spacial score (nSPS) is 43.6. The van der Waals surface area contributed by atoms with Gasteiger partial charge in [-0.25, -0.2) is 0 Å². The average Bonchev–Trinajstić information content (AvgIpc) is 4.30. The Morgan fingerprint density at radius 1 is 0.962 bits per heavy atom. The van der Waals surface area contributed by atoms with Crippen molar-refractivity contribution in [2.24, 2.45) is 104 Å². The van der Waals surface area contributed by atoms with E-state index in [2.05, 4.69) is 59.2 Å². The minimum Gasteiger partial charge on any atom is -0.508 e. The second kappa shape index (κ2) is 20.7. The lowest BCUT2D eigenvalue weighted by Crippen LogP contribution is -2.65. The molecule has 1 saturated heterocycles. The van der Waals surface area contributed by atoms with Crippen molar-refractivity contribution in [1.82, 2.24) is 10.3 Å². The number of aryl methyl sites for hydroxylation is 1. The molecule has 21 atom stereocenters. The number of phenols is 1. The highest BCUT2D eigenvalue weighted by Crippen LogP contribution is 2.72. The van der Waals surface area contributed by atoms with E-state index in [1.165, 1.54) is 5.57 Å². The van der Waals surface area contributed by atoms with Crippen LogP contribution in [0.2, 0.25) is 0 Å². The summed E-state index contributed by atoms with van der Waals surface area (Å²) in [4.78, 5) is 51.0. The number of Topliss-reactive ketones (excluding diaryl/α,β-unsaturated/α-hetero) is 2. The van der Waals surface area contributed by atoms with Crippen LogP contribution in [0.3, 0.4) is 0 Å². The van der Waals surface area contributed by atoms with Gasteiger partial charge in [-0.05, 0) is 171 Å². The predicted molar refractivity (Wildman–Crippen MR) is 293 cm³/mol. The molecule has 11 rings (SSSR count). The fourth-order valence-corrected chi connectivity index (χ4v) is 18.5. The molecule has 5 fully saturated rings. The number of nitrogens with zero attached hydrogens (tertiary/aromatic N) is 1. The number of fused-ring (bicyclic) bond motifs is 8. The Balaban J connectivity index is 1.06. The lowest BCUT2D eigenvalue weighted by Gasteiger charge is -2.62. The van der Waals surface area contributed by atoms with Crippen LogP contribution in [0.5, 0.6) is 5.75 Å². The first-order valence-electron chi connectivity index (χ1n) is 29.2. The van der Waals surface area contributed by atoms with E-state index in [0.29, 0.717) is 36.7 Å². The number of hydrogen-bond donors (Lipinski definition) is 10. The summed E-state index contributed by atoms with van der Waals surface area (Å²) in [6, 6.07) is 8.61. The van der Waals surface area contributed by atoms with Crippen LogP contribution < -0.4 is 16.8 Å². The van der Waals surface area contributed by atoms with Crippen LogP contribution in [0, 0.1) is 99.6 Å². The Morgan fingerprint density at radius 3 is 2.49 bits per heavy atom. The Kier molecular flexibility index (Phi) is 14.5. The Morgan fingerprint density at radius 2 is 1.74 bits per heavy atom. The van der Waals surface area contributed by atoms with Gasteiger partial charge >= 0.3 is 5.97 Å². The molecule has 1 aromatic heterocycles. The van der Waals surface area contributed by atoms with E-state index in [1.54, 1.807) is 31.2 Å². The standard InChI is InChI=1S/C63H83N5O10/c1-33-8-12-36-26-37-13-17-43-42(45-32-78-58(75)52(45)39-19-22-66-30-39)7-5-6-38-28-63(77)54-46(18-20-62(63,21-23-67-59(64)65)57(38)61(4,76)50(73)25-34(2)51(37)53(43)44(36)24-33)60(3)29-49(72)48(71)27-47(60)56(74)55(54)68-31-41(70)16-11-35-9-14-40(69)15-10-35/h9-10,13-15,17,19,22,26,30,33-34,37-38,42-53,57,66,68-69,71-73,76-77H,6,8,11-12,16,18,20-21,23-25,27-29,31-32H2,1-4H3,(H4,64,65,67)/t33-,34+,37-,38+,42+,43-,44-,45-,46-,47-,48+,49-,50+,51+,52-,53+,57+,60+,61-,62-,63+/m0/s1. The number of aromatic amines is 1. The van der Waals surface area contributed by atoms with Crippen molar-refractivity contribution in [3.63, 3.8) is 0 Å². The van der Waals surface area contributed by atoms with Crippen molar-refractivity contribution < 1.29 is 49.8 Å². The lowest BCUT2D eigenvalue weighted by molar-refractivity contribution is -0.190. The Bertz CT molecular complexity index is 2830. The molecule has 4 saturated carbocycles. The number of guanidine groups is 1. The average molecular weight is 1070 g/mol. The summed E-state index contributed by atoms with van der Waals surface area (Å²) in [5.41, 5.74) is 9.99. The van der Waals surface area contributed by atoms with Gasteiger partial charge in [-0.2, -0.15) is 0 Å². The molecule has 1 aliphatic heterocycles. The number of aliphatic hydroxyl groups excluding tert-OH is 3. The zero-order valence-corrected chi connectivity index (χ0v) is 45.8. The van der Waals surface area contributed by atoms with Crippen molar-refractivity contribution in [1.29, 1.82) is 0 Å². The first-order chi connectivity index (χ1) is 37.2. The maximum atomic E-state index is 15.5. The number of aromatic nitrogens is 1. The van der Waals surface area contributed by atoms with Crippen molar-refractivity contribution in [2.45, 2.75) is 147 Å². The van der Waals surface area contributed by atoms with Gasteiger partial charge in [-0.1, -0.05) is 62.6 Å². The number of aromatic hydroxyl groups is 1. The molecule has 4 bridgehead atoms. The molecule has 15 nitrogen and oxygen atoms in total. The van der Waals surface area contributed by atoms with E-state index in [9.17, 15) is 40.2 Å². The second-order valence-corrected chi connectivity index (χ2v) is 26.3. The molecule has 1 aromatic carbocycles. The SMILES string of the molecule is C[C@H]1CCC2=C[C@@H]3C=C[C@H]4[C@H]([C@@H]5COC(=O)[C@H]5c5cc[nH]c5)C#CC[C@@H]5C[C@@]6(O)C7=C(NCC(=O)CCc8ccc(O)cc8)C(=O)[C@@H]8C[C@@H](O)[C@@H](O)C[C@]8(C)[C@H]7CC[C@]6(CCN=C(N)N)[C@H]5[C@@](C)(O)[C@H](O)C[C@@H](C)[C@H]3[C@H]4[C@H]2C1. The van der Waals surface area contributed by atoms with Gasteiger partial charge in [0.25, 0.3) is 0 Å². The third kappa shape index (κ3) is 9.08. The number of cyclic esters (lactones) is 1. The number of aliphatic hydroxyl groups is 5. The summed E-state index contributed by atoms with van der Waals surface area (Å²) < 4.78 is 6.01. The molecule has 2 aromatic rings. The van der Waals surface area contributed by atoms with Gasteiger partial charge in [0.2, 0.25) is 0 Å². The molecule has 78 heavy (non-hydrogen) atoms. The largest absolute Gasteiger partial charge is 0.508 e. The fourth-order valence-electron chi connectivity index (χ4n) is 18.5. The number of carbonyl (C=O) groups is 3. The number of ether oxygens (including phenoxy) is 1. The number of rotatable bonds is 11. The number of nitrogens with two attached hydrogens (primary N) is 2. The zero-order valence-electron chi connectivity index (χ0n) is 45.8. The lowest BCUT2D eigenvalue weighted by atomic mass is 9.44. The topological polar surface area (TPSA) is 274 Å². The van der Waals surface area contributed by atoms with Crippen LogP contribution >= 0.6 is 0 Å². The number of nitrogens with one attached hydrogen (secondary N) is 2. The van der Waals surface area contributed by atoms with Gasteiger partial charge < -0.3 is 57.1 Å². The van der Waals surface area contributed by atoms with E-state index in [1.807, 2.05) is 25.4 Å². The van der Waals surface area contributed by atoms with E-state index in [0.717, 1.165) is 30.4 Å². The van der Waals surface area contributed by atoms with Crippen LogP contribution in [0.15, 0.2) is 82.8 Å². The molecular weight excluding hydrogens is 987 g/mol. The van der Waals surface area contributed by atoms with E-state index >= 15 is 4.79 Å². The van der Waals surface area contributed by atoms with Crippen molar-refractivity contribution in [3.05, 3.63) is 88.9 Å². The van der Waals surface area contributed by atoms with Crippen molar-refractivity contribution in [2.75, 3.05) is 19.7 Å². The molecule has 8 aliphatic carbocycles. The van der Waals surface area contributed by atoms with Gasteiger partial charge in [0, 0.05) is 60.9 Å². The molecule has 9 aliphatic rings. The minimum absolute atomic E-state index is 0.00769. The zero-order chi connectivity index (χ0) is 55.2. The molecular formula is C63H83N5O10. The molecule has 0 spiro atoms. The monoisotopic (exact) mass is 1070 g/mol. The smallest absolute Gasteiger partial charge is 0.313 e.